The molecule has 0 spiro atoms. The van der Waals surface area contributed by atoms with Crippen LogP contribution in [0.2, 0.25) is 0 Å². The van der Waals surface area contributed by atoms with Gasteiger partial charge in [0.25, 0.3) is 5.91 Å². The van der Waals surface area contributed by atoms with Crippen LogP contribution in [0.1, 0.15) is 21.7 Å². The van der Waals surface area contributed by atoms with Gasteiger partial charge in [0.1, 0.15) is 11.5 Å². The van der Waals surface area contributed by atoms with Gasteiger partial charge in [-0.25, -0.2) is 0 Å². The number of thiophene rings is 1. The number of carbonyl (C=O) groups is 1. The fourth-order valence-corrected chi connectivity index (χ4v) is 2.62. The summed E-state index contributed by atoms with van der Waals surface area (Å²) in [5.74, 6) is 5.40. The highest BCUT2D eigenvalue weighted by molar-refractivity contribution is 7.12. The van der Waals surface area contributed by atoms with Gasteiger partial charge in [-0.2, -0.15) is 0 Å². The molecule has 2 heterocycles. The minimum atomic E-state index is -0.193. The molecule has 1 aromatic rings. The van der Waals surface area contributed by atoms with E-state index in [4.69, 9.17) is 9.84 Å². The number of ether oxygens (including phenoxy) is 1. The van der Waals surface area contributed by atoms with Crippen LogP contribution in [0, 0.1) is 11.8 Å². The lowest BCUT2D eigenvalue weighted by Gasteiger charge is -2.18. The van der Waals surface area contributed by atoms with Crippen molar-refractivity contribution in [2.75, 3.05) is 32.9 Å². The number of hydrogen-bond donors (Lipinski definition) is 1. The van der Waals surface area contributed by atoms with Gasteiger partial charge in [-0.05, 0) is 17.9 Å². The molecule has 0 bridgehead atoms. The molecule has 1 saturated heterocycles. The molecule has 1 aromatic heterocycles. The van der Waals surface area contributed by atoms with Crippen LogP contribution < -0.4 is 0 Å². The molecule has 96 valence electrons. The van der Waals surface area contributed by atoms with Crippen molar-refractivity contribution in [3.05, 3.63) is 21.9 Å². The lowest BCUT2D eigenvalue weighted by Crippen LogP contribution is -2.33. The Kier molecular flexibility index (Phi) is 4.76. The Balaban J connectivity index is 2.14. The van der Waals surface area contributed by atoms with Crippen LogP contribution in [0.15, 0.2) is 11.4 Å². The largest absolute Gasteiger partial charge is 0.384 e. The fraction of sp³-hybridized carbons (Fsp3) is 0.462. The number of rotatable bonds is 1. The van der Waals surface area contributed by atoms with Crippen LogP contribution in [0.4, 0.5) is 0 Å². The maximum absolute atomic E-state index is 12.3. The zero-order chi connectivity index (χ0) is 12.8. The number of aliphatic hydroxyl groups is 1. The third-order valence-corrected chi connectivity index (χ3v) is 3.57. The van der Waals surface area contributed by atoms with E-state index in [0.29, 0.717) is 30.2 Å². The average molecular weight is 265 g/mol. The first-order valence-corrected chi connectivity index (χ1v) is 6.75. The van der Waals surface area contributed by atoms with Crippen molar-refractivity contribution in [1.82, 2.24) is 4.90 Å². The second-order valence-electron chi connectivity index (χ2n) is 3.88. The van der Waals surface area contributed by atoms with Crippen molar-refractivity contribution in [2.45, 2.75) is 6.42 Å². The summed E-state index contributed by atoms with van der Waals surface area (Å²) in [6, 6.07) is 1.81. The Labute approximate surface area is 110 Å². The number of aliphatic hydroxyl groups excluding tert-OH is 1. The molecule has 1 aliphatic heterocycles. The summed E-state index contributed by atoms with van der Waals surface area (Å²) in [6.45, 7) is 2.47. The summed E-state index contributed by atoms with van der Waals surface area (Å²) in [5.41, 5.74) is 0.698. The van der Waals surface area contributed by atoms with Gasteiger partial charge in [0, 0.05) is 25.3 Å². The van der Waals surface area contributed by atoms with Gasteiger partial charge in [0.05, 0.1) is 6.61 Å². The van der Waals surface area contributed by atoms with E-state index in [-0.39, 0.29) is 12.5 Å². The molecule has 4 nitrogen and oxygen atoms in total. The molecule has 18 heavy (non-hydrogen) atoms. The lowest BCUT2D eigenvalue weighted by molar-refractivity contribution is 0.0746. The standard InChI is InChI=1S/C13H15NO3S/c15-7-1-3-11-4-10-18-12(11)13(16)14-5-2-8-17-9-6-14/h4,10,15H,2,5-9H2. The SMILES string of the molecule is O=C(c1sccc1C#CCO)N1CCCOCC1. The van der Waals surface area contributed by atoms with E-state index in [2.05, 4.69) is 11.8 Å². The van der Waals surface area contributed by atoms with E-state index in [1.54, 1.807) is 0 Å². The van der Waals surface area contributed by atoms with Crippen LogP contribution in [-0.2, 0) is 4.74 Å². The second-order valence-corrected chi connectivity index (χ2v) is 4.80. The molecular weight excluding hydrogens is 250 g/mol. The number of carbonyl (C=O) groups excluding carboxylic acids is 1. The van der Waals surface area contributed by atoms with E-state index in [1.807, 2.05) is 16.3 Å². The topological polar surface area (TPSA) is 49.8 Å². The van der Waals surface area contributed by atoms with Gasteiger partial charge in [-0.1, -0.05) is 11.8 Å². The Morgan fingerprint density at radius 2 is 2.39 bits per heavy atom. The first-order chi connectivity index (χ1) is 8.83. The maximum Gasteiger partial charge on any atom is 0.265 e. The monoisotopic (exact) mass is 265 g/mol. The fourth-order valence-electron chi connectivity index (χ4n) is 1.80. The van der Waals surface area contributed by atoms with E-state index >= 15 is 0 Å². The molecule has 5 heteroatoms. The van der Waals surface area contributed by atoms with Crippen LogP contribution >= 0.6 is 11.3 Å². The smallest absolute Gasteiger partial charge is 0.265 e. The van der Waals surface area contributed by atoms with Crippen LogP contribution in [0.5, 0.6) is 0 Å². The molecule has 0 aromatic carbocycles. The highest BCUT2D eigenvalue weighted by Gasteiger charge is 2.20. The molecule has 0 aliphatic carbocycles. The summed E-state index contributed by atoms with van der Waals surface area (Å²) >= 11 is 1.39. The highest BCUT2D eigenvalue weighted by atomic mass is 32.1. The first-order valence-electron chi connectivity index (χ1n) is 5.87. The average Bonchev–Trinajstić information content (AvgIpc) is 2.68. The van der Waals surface area contributed by atoms with Gasteiger partial charge < -0.3 is 14.7 Å². The molecule has 1 amide bonds. The second kappa shape index (κ2) is 6.55. The molecule has 1 N–H and O–H groups in total. The minimum Gasteiger partial charge on any atom is -0.384 e. The van der Waals surface area contributed by atoms with Crippen molar-refractivity contribution in [2.24, 2.45) is 0 Å². The van der Waals surface area contributed by atoms with Crippen molar-refractivity contribution in [1.29, 1.82) is 0 Å². The third kappa shape index (κ3) is 3.10. The molecule has 0 saturated carbocycles. The van der Waals surface area contributed by atoms with E-state index < -0.39 is 0 Å². The molecule has 0 atom stereocenters. The van der Waals surface area contributed by atoms with E-state index in [9.17, 15) is 4.79 Å². The van der Waals surface area contributed by atoms with E-state index in [1.165, 1.54) is 11.3 Å². The summed E-state index contributed by atoms with van der Waals surface area (Å²) < 4.78 is 5.34. The predicted molar refractivity (Wildman–Crippen MR) is 69.6 cm³/mol. The summed E-state index contributed by atoms with van der Waals surface area (Å²) in [5, 5.41) is 10.5. The number of hydrogen-bond acceptors (Lipinski definition) is 4. The highest BCUT2D eigenvalue weighted by Crippen LogP contribution is 2.19. The van der Waals surface area contributed by atoms with Gasteiger partial charge >= 0.3 is 0 Å². The van der Waals surface area contributed by atoms with Gasteiger partial charge in [-0.15, -0.1) is 11.3 Å². The molecular formula is C13H15NO3S. The number of nitrogens with zero attached hydrogens (tertiary/aromatic N) is 1. The third-order valence-electron chi connectivity index (χ3n) is 2.67. The molecule has 0 unspecified atom stereocenters. The van der Waals surface area contributed by atoms with Gasteiger partial charge in [-0.3, -0.25) is 4.79 Å². The van der Waals surface area contributed by atoms with Crippen LogP contribution in [0.25, 0.3) is 0 Å². The Hall–Kier alpha value is -1.35. The summed E-state index contributed by atoms with van der Waals surface area (Å²) in [6.07, 6.45) is 0.870. The number of amides is 1. The molecule has 1 fully saturated rings. The zero-order valence-corrected chi connectivity index (χ0v) is 10.8. The lowest BCUT2D eigenvalue weighted by atomic mass is 10.2. The van der Waals surface area contributed by atoms with E-state index in [0.717, 1.165) is 13.0 Å². The molecule has 2 rings (SSSR count). The molecule has 0 radical (unpaired) electrons. The quantitative estimate of drug-likeness (QED) is 0.769. The van der Waals surface area contributed by atoms with Crippen LogP contribution in [-0.4, -0.2) is 48.8 Å². The first kappa shape index (κ1) is 13.1. The summed E-state index contributed by atoms with van der Waals surface area (Å²) in [4.78, 5) is 14.8. The minimum absolute atomic E-state index is 0.0118. The van der Waals surface area contributed by atoms with Gasteiger partial charge in [0.15, 0.2) is 0 Å². The maximum atomic E-state index is 12.3. The van der Waals surface area contributed by atoms with Crippen molar-refractivity contribution < 1.29 is 14.6 Å². The van der Waals surface area contributed by atoms with Crippen molar-refractivity contribution in [3.63, 3.8) is 0 Å². The van der Waals surface area contributed by atoms with Crippen molar-refractivity contribution in [3.8, 4) is 11.8 Å². The normalized spacial score (nSPS) is 15.7. The molecule has 1 aliphatic rings. The Bertz CT molecular complexity index is 464. The zero-order valence-electron chi connectivity index (χ0n) is 10.0. The van der Waals surface area contributed by atoms with Gasteiger partial charge in [0.2, 0.25) is 0 Å². The Morgan fingerprint density at radius 1 is 1.50 bits per heavy atom. The Morgan fingerprint density at radius 3 is 3.22 bits per heavy atom. The predicted octanol–water partition coefficient (Wildman–Crippen LogP) is 0.954. The van der Waals surface area contributed by atoms with Crippen LogP contribution in [0.3, 0.4) is 0 Å². The van der Waals surface area contributed by atoms with Crippen molar-refractivity contribution >= 4 is 17.2 Å². The summed E-state index contributed by atoms with van der Waals surface area (Å²) in [7, 11) is 0.